The smallest absolute Gasteiger partial charge is 0.309 e. The number of hydrogen-bond donors (Lipinski definition) is 3. The summed E-state index contributed by atoms with van der Waals surface area (Å²) < 4.78 is 44.6. The fourth-order valence-corrected chi connectivity index (χ4v) is 2.57. The SMILES string of the molecule is Cc1nc(F)nc(-c2ccc(S(=O)(=O)O)c(N)c2N)c1Cl. The van der Waals surface area contributed by atoms with Crippen LogP contribution in [0.25, 0.3) is 11.3 Å². The molecule has 0 fully saturated rings. The molecule has 0 radical (unpaired) electrons. The molecule has 1 aromatic carbocycles. The summed E-state index contributed by atoms with van der Waals surface area (Å²) in [5, 5.41) is 0.0575. The van der Waals surface area contributed by atoms with Gasteiger partial charge < -0.3 is 11.5 Å². The Labute approximate surface area is 124 Å². The second-order valence-corrected chi connectivity index (χ2v) is 5.92. The predicted octanol–water partition coefficient (Wildman–Crippen LogP) is 1.66. The minimum absolute atomic E-state index is 0.0206. The van der Waals surface area contributed by atoms with Gasteiger partial charge in [0.05, 0.1) is 27.8 Å². The van der Waals surface area contributed by atoms with Gasteiger partial charge in [0, 0.05) is 5.56 Å². The number of nitrogens with two attached hydrogens (primary N) is 2. The van der Waals surface area contributed by atoms with Gasteiger partial charge in [-0.1, -0.05) is 11.6 Å². The molecule has 0 aliphatic heterocycles. The van der Waals surface area contributed by atoms with Crippen LogP contribution in [0.4, 0.5) is 15.8 Å². The molecule has 0 saturated heterocycles. The molecule has 7 nitrogen and oxygen atoms in total. The average molecular weight is 333 g/mol. The van der Waals surface area contributed by atoms with Gasteiger partial charge in [-0.05, 0) is 19.1 Å². The van der Waals surface area contributed by atoms with Crippen LogP contribution in [-0.4, -0.2) is 22.9 Å². The molecule has 10 heteroatoms. The van der Waals surface area contributed by atoms with E-state index >= 15 is 0 Å². The minimum atomic E-state index is -4.53. The van der Waals surface area contributed by atoms with Gasteiger partial charge in [0.1, 0.15) is 4.90 Å². The number of aromatic nitrogens is 2. The summed E-state index contributed by atoms with van der Waals surface area (Å²) in [6, 6.07) is 2.25. The molecule has 0 aliphatic carbocycles. The van der Waals surface area contributed by atoms with E-state index in [0.717, 1.165) is 6.07 Å². The van der Waals surface area contributed by atoms with Crippen molar-refractivity contribution in [2.75, 3.05) is 11.5 Å². The topological polar surface area (TPSA) is 132 Å². The van der Waals surface area contributed by atoms with Gasteiger partial charge in [0.15, 0.2) is 0 Å². The third kappa shape index (κ3) is 2.75. The van der Waals surface area contributed by atoms with Crippen molar-refractivity contribution in [2.45, 2.75) is 11.8 Å². The van der Waals surface area contributed by atoms with Crippen molar-refractivity contribution >= 4 is 33.1 Å². The maximum Gasteiger partial charge on any atom is 0.309 e. The van der Waals surface area contributed by atoms with E-state index in [1.54, 1.807) is 0 Å². The highest BCUT2D eigenvalue weighted by atomic mass is 35.5. The van der Waals surface area contributed by atoms with Crippen LogP contribution in [0.5, 0.6) is 0 Å². The molecular weight excluding hydrogens is 323 g/mol. The van der Waals surface area contributed by atoms with Crippen LogP contribution >= 0.6 is 11.6 Å². The highest BCUT2D eigenvalue weighted by Crippen LogP contribution is 2.37. The number of hydrogen-bond acceptors (Lipinski definition) is 6. The molecule has 0 saturated carbocycles. The fraction of sp³-hybridized carbons (Fsp3) is 0.0909. The standard InChI is InChI=1S/C11H10ClFN4O3S/c1-4-7(12)10(17-11(13)16-4)5-2-3-6(21(18,19)20)9(15)8(5)14/h2-3H,14-15H2,1H3,(H,18,19,20). The average Bonchev–Trinajstić information content (AvgIpc) is 2.36. The molecule has 0 aliphatic rings. The quantitative estimate of drug-likeness (QED) is 0.432. The van der Waals surface area contributed by atoms with Crippen LogP contribution in [-0.2, 0) is 10.1 Å². The Morgan fingerprint density at radius 3 is 2.43 bits per heavy atom. The van der Waals surface area contributed by atoms with Crippen LogP contribution in [0.2, 0.25) is 5.02 Å². The number of benzene rings is 1. The molecule has 2 rings (SSSR count). The van der Waals surface area contributed by atoms with Gasteiger partial charge in [-0.25, -0.2) is 9.97 Å². The molecule has 1 heterocycles. The number of aryl methyl sites for hydroxylation is 1. The van der Waals surface area contributed by atoms with Crippen molar-refractivity contribution in [3.8, 4) is 11.3 Å². The van der Waals surface area contributed by atoms with E-state index in [0.29, 0.717) is 0 Å². The van der Waals surface area contributed by atoms with Crippen molar-refractivity contribution in [1.82, 2.24) is 9.97 Å². The molecule has 1 aromatic heterocycles. The van der Waals surface area contributed by atoms with Crippen molar-refractivity contribution in [3.05, 3.63) is 28.9 Å². The van der Waals surface area contributed by atoms with Crippen molar-refractivity contribution in [1.29, 1.82) is 0 Å². The van der Waals surface area contributed by atoms with Crippen LogP contribution in [0.3, 0.4) is 0 Å². The highest BCUT2D eigenvalue weighted by Gasteiger charge is 2.21. The third-order valence-corrected chi connectivity index (χ3v) is 4.13. The second kappa shape index (κ2) is 5.10. The zero-order valence-corrected chi connectivity index (χ0v) is 12.2. The maximum atomic E-state index is 13.3. The van der Waals surface area contributed by atoms with Gasteiger partial charge in [0.25, 0.3) is 10.1 Å². The molecule has 0 atom stereocenters. The van der Waals surface area contributed by atoms with Gasteiger partial charge in [-0.15, -0.1) is 0 Å². The Hall–Kier alpha value is -1.97. The zero-order valence-electron chi connectivity index (χ0n) is 10.6. The number of nitrogens with zero attached hydrogens (tertiary/aromatic N) is 2. The van der Waals surface area contributed by atoms with Gasteiger partial charge in [0.2, 0.25) is 0 Å². The summed E-state index contributed by atoms with van der Waals surface area (Å²) in [4.78, 5) is 6.44. The molecule has 2 aromatic rings. The number of anilines is 2. The first-order valence-electron chi connectivity index (χ1n) is 5.48. The highest BCUT2D eigenvalue weighted by molar-refractivity contribution is 7.86. The Balaban J connectivity index is 2.76. The van der Waals surface area contributed by atoms with Gasteiger partial charge >= 0.3 is 6.08 Å². The monoisotopic (exact) mass is 332 g/mol. The fourth-order valence-electron chi connectivity index (χ4n) is 1.75. The normalized spacial score (nSPS) is 11.6. The molecule has 0 unspecified atom stereocenters. The van der Waals surface area contributed by atoms with E-state index in [9.17, 15) is 12.8 Å². The minimum Gasteiger partial charge on any atom is -0.396 e. The van der Waals surface area contributed by atoms with Crippen LogP contribution in [0.15, 0.2) is 17.0 Å². The Morgan fingerprint density at radius 2 is 1.86 bits per heavy atom. The summed E-state index contributed by atoms with van der Waals surface area (Å²) in [6.45, 7) is 1.47. The molecule has 21 heavy (non-hydrogen) atoms. The van der Waals surface area contributed by atoms with Gasteiger partial charge in [-0.3, -0.25) is 4.55 Å². The number of rotatable bonds is 2. The van der Waals surface area contributed by atoms with Crippen molar-refractivity contribution < 1.29 is 17.4 Å². The Morgan fingerprint density at radius 1 is 1.24 bits per heavy atom. The summed E-state index contributed by atoms with van der Waals surface area (Å²) >= 11 is 6.00. The van der Waals surface area contributed by atoms with E-state index in [1.807, 2.05) is 0 Å². The largest absolute Gasteiger partial charge is 0.396 e. The lowest BCUT2D eigenvalue weighted by Gasteiger charge is -2.12. The molecular formula is C11H10ClFN4O3S. The van der Waals surface area contributed by atoms with Crippen LogP contribution in [0.1, 0.15) is 5.69 Å². The van der Waals surface area contributed by atoms with E-state index in [2.05, 4.69) is 9.97 Å². The summed E-state index contributed by atoms with van der Waals surface area (Å²) in [5.74, 6) is 0. The molecule has 0 spiro atoms. The number of halogens is 2. The van der Waals surface area contributed by atoms with E-state index in [-0.39, 0.29) is 33.3 Å². The lowest BCUT2D eigenvalue weighted by Crippen LogP contribution is -2.08. The van der Waals surface area contributed by atoms with Gasteiger partial charge in [-0.2, -0.15) is 12.8 Å². The first-order chi connectivity index (χ1) is 9.62. The third-order valence-electron chi connectivity index (χ3n) is 2.77. The Bertz CT molecular complexity index is 842. The molecule has 0 amide bonds. The zero-order chi connectivity index (χ0) is 15.9. The molecule has 5 N–H and O–H groups in total. The first-order valence-corrected chi connectivity index (χ1v) is 7.30. The lowest BCUT2D eigenvalue weighted by molar-refractivity contribution is 0.483. The van der Waals surface area contributed by atoms with Crippen molar-refractivity contribution in [3.63, 3.8) is 0 Å². The molecule has 0 bridgehead atoms. The van der Waals surface area contributed by atoms with E-state index in [1.165, 1.54) is 13.0 Å². The maximum absolute atomic E-state index is 13.3. The van der Waals surface area contributed by atoms with E-state index < -0.39 is 21.1 Å². The van der Waals surface area contributed by atoms with Crippen molar-refractivity contribution in [2.24, 2.45) is 0 Å². The predicted molar refractivity (Wildman–Crippen MR) is 75.8 cm³/mol. The first kappa shape index (κ1) is 15.4. The molecule has 112 valence electrons. The number of nitrogen functional groups attached to an aromatic ring is 2. The van der Waals surface area contributed by atoms with E-state index in [4.69, 9.17) is 27.6 Å². The van der Waals surface area contributed by atoms with Crippen LogP contribution < -0.4 is 11.5 Å². The summed E-state index contributed by atoms with van der Waals surface area (Å²) in [6.07, 6.45) is -1.01. The Kier molecular flexibility index (Phi) is 3.74. The summed E-state index contributed by atoms with van der Waals surface area (Å²) in [5.41, 5.74) is 11.1. The second-order valence-electron chi connectivity index (χ2n) is 4.15. The summed E-state index contributed by atoms with van der Waals surface area (Å²) in [7, 11) is -4.53. The lowest BCUT2D eigenvalue weighted by atomic mass is 10.1. The van der Waals surface area contributed by atoms with Crippen LogP contribution in [0, 0.1) is 13.0 Å².